The molecule has 3 N–H and O–H groups in total. The highest BCUT2D eigenvalue weighted by atomic mass is 16.4. The van der Waals surface area contributed by atoms with Crippen LogP contribution in [0, 0.1) is 11.3 Å². The molecule has 0 aromatic rings. The lowest BCUT2D eigenvalue weighted by molar-refractivity contribution is -0.137. The zero-order chi connectivity index (χ0) is 14.1. The molecular formula is C14H24N2O3. The van der Waals surface area contributed by atoms with Crippen LogP contribution in [0.2, 0.25) is 0 Å². The highest BCUT2D eigenvalue weighted by Gasteiger charge is 2.53. The van der Waals surface area contributed by atoms with Gasteiger partial charge in [-0.3, -0.25) is 4.79 Å². The summed E-state index contributed by atoms with van der Waals surface area (Å²) in [6.45, 7) is 4.46. The Bertz CT molecular complexity index is 371. The summed E-state index contributed by atoms with van der Waals surface area (Å²) < 4.78 is 0. The van der Waals surface area contributed by atoms with Crippen molar-refractivity contribution in [1.82, 2.24) is 10.6 Å². The summed E-state index contributed by atoms with van der Waals surface area (Å²) >= 11 is 0. The van der Waals surface area contributed by atoms with E-state index in [-0.39, 0.29) is 12.5 Å². The lowest BCUT2D eigenvalue weighted by Crippen LogP contribution is -2.49. The van der Waals surface area contributed by atoms with Crippen molar-refractivity contribution in [3.05, 3.63) is 0 Å². The molecule has 2 amide bonds. The molecule has 5 heteroatoms. The second-order valence-electron chi connectivity index (χ2n) is 6.72. The van der Waals surface area contributed by atoms with E-state index >= 15 is 0 Å². The third-order valence-corrected chi connectivity index (χ3v) is 4.35. The minimum Gasteiger partial charge on any atom is -0.481 e. The molecule has 108 valence electrons. The van der Waals surface area contributed by atoms with Gasteiger partial charge in [0.1, 0.15) is 0 Å². The highest BCUT2D eigenvalue weighted by molar-refractivity contribution is 5.75. The Kier molecular flexibility index (Phi) is 3.74. The van der Waals surface area contributed by atoms with E-state index in [1.165, 1.54) is 25.7 Å². The number of urea groups is 1. The van der Waals surface area contributed by atoms with Crippen molar-refractivity contribution in [3.63, 3.8) is 0 Å². The van der Waals surface area contributed by atoms with Crippen molar-refractivity contribution >= 4 is 12.0 Å². The fourth-order valence-corrected chi connectivity index (χ4v) is 2.68. The predicted molar refractivity (Wildman–Crippen MR) is 71.9 cm³/mol. The fraction of sp³-hybridized carbons (Fsp3) is 0.857. The average Bonchev–Trinajstić information content (AvgIpc) is 3.12. The number of hydrogen-bond donors (Lipinski definition) is 3. The van der Waals surface area contributed by atoms with Gasteiger partial charge in [-0.15, -0.1) is 0 Å². The van der Waals surface area contributed by atoms with E-state index in [1.807, 2.05) is 13.8 Å². The van der Waals surface area contributed by atoms with Gasteiger partial charge in [-0.1, -0.05) is 0 Å². The molecule has 5 nitrogen and oxygen atoms in total. The average molecular weight is 268 g/mol. The molecule has 0 aliphatic heterocycles. The Morgan fingerprint density at radius 3 is 2.42 bits per heavy atom. The number of amides is 2. The number of nitrogens with one attached hydrogen (secondary N) is 2. The van der Waals surface area contributed by atoms with Crippen molar-refractivity contribution < 1.29 is 14.7 Å². The molecule has 0 atom stereocenters. The molecule has 2 rings (SSSR count). The van der Waals surface area contributed by atoms with Crippen LogP contribution in [0.1, 0.15) is 52.4 Å². The van der Waals surface area contributed by atoms with E-state index in [1.54, 1.807) is 0 Å². The first-order valence-electron chi connectivity index (χ1n) is 7.11. The second kappa shape index (κ2) is 5.02. The first kappa shape index (κ1) is 14.2. The lowest BCUT2D eigenvalue weighted by Gasteiger charge is -2.26. The van der Waals surface area contributed by atoms with Gasteiger partial charge in [0, 0.05) is 18.5 Å². The Morgan fingerprint density at radius 1 is 1.32 bits per heavy atom. The number of hydrogen-bond acceptors (Lipinski definition) is 2. The minimum atomic E-state index is -0.832. The SMILES string of the molecule is CC(C)(CCC(=O)O)NC(=O)NCC1(C2CC2)CC1. The Labute approximate surface area is 114 Å². The normalized spacial score (nSPS) is 20.7. The molecule has 0 saturated heterocycles. The quantitative estimate of drug-likeness (QED) is 0.661. The molecule has 19 heavy (non-hydrogen) atoms. The maximum absolute atomic E-state index is 11.9. The van der Waals surface area contributed by atoms with E-state index in [0.717, 1.165) is 12.5 Å². The zero-order valence-corrected chi connectivity index (χ0v) is 11.8. The molecule has 0 aromatic carbocycles. The molecule has 0 spiro atoms. The smallest absolute Gasteiger partial charge is 0.315 e. The Balaban J connectivity index is 1.69. The molecule has 0 bridgehead atoms. The third-order valence-electron chi connectivity index (χ3n) is 4.35. The van der Waals surface area contributed by atoms with Crippen LogP contribution in [0.5, 0.6) is 0 Å². The molecule has 2 fully saturated rings. The molecule has 2 saturated carbocycles. The number of carbonyl (C=O) groups excluding carboxylic acids is 1. The summed E-state index contributed by atoms with van der Waals surface area (Å²) in [5.74, 6) is -0.00577. The van der Waals surface area contributed by atoms with Gasteiger partial charge in [0.15, 0.2) is 0 Å². The van der Waals surface area contributed by atoms with Crippen molar-refractivity contribution in [2.45, 2.75) is 57.9 Å². The largest absolute Gasteiger partial charge is 0.481 e. The number of carboxylic acids is 1. The molecule has 0 heterocycles. The van der Waals surface area contributed by atoms with Crippen LogP contribution in [0.3, 0.4) is 0 Å². The first-order chi connectivity index (χ1) is 8.83. The van der Waals surface area contributed by atoms with Crippen molar-refractivity contribution in [2.24, 2.45) is 11.3 Å². The summed E-state index contributed by atoms with van der Waals surface area (Å²) in [4.78, 5) is 22.4. The highest BCUT2D eigenvalue weighted by Crippen LogP contribution is 2.60. The van der Waals surface area contributed by atoms with E-state index in [9.17, 15) is 9.59 Å². The number of carboxylic acid groups (broad SMARTS) is 1. The van der Waals surface area contributed by atoms with E-state index in [4.69, 9.17) is 5.11 Å². The van der Waals surface area contributed by atoms with Crippen LogP contribution >= 0.6 is 0 Å². The topological polar surface area (TPSA) is 78.4 Å². The summed E-state index contributed by atoms with van der Waals surface area (Å²) in [7, 11) is 0. The van der Waals surface area contributed by atoms with Gasteiger partial charge < -0.3 is 15.7 Å². The Hall–Kier alpha value is -1.26. The van der Waals surface area contributed by atoms with Crippen LogP contribution in [0.15, 0.2) is 0 Å². The Morgan fingerprint density at radius 2 is 1.95 bits per heavy atom. The minimum absolute atomic E-state index is 0.0687. The second-order valence-corrected chi connectivity index (χ2v) is 6.72. The number of rotatable bonds is 7. The third kappa shape index (κ3) is 4.11. The summed E-state index contributed by atoms with van der Waals surface area (Å²) in [5, 5.41) is 14.5. The zero-order valence-electron chi connectivity index (χ0n) is 11.8. The van der Waals surface area contributed by atoms with Crippen LogP contribution in [-0.2, 0) is 4.79 Å². The monoisotopic (exact) mass is 268 g/mol. The van der Waals surface area contributed by atoms with Crippen molar-refractivity contribution in [3.8, 4) is 0 Å². The number of aliphatic carboxylic acids is 1. The van der Waals surface area contributed by atoms with Crippen LogP contribution < -0.4 is 10.6 Å². The standard InChI is InChI=1S/C14H24N2O3/c1-13(2,6-5-11(17)18)16-12(19)15-9-14(7-8-14)10-3-4-10/h10H,3-9H2,1-2H3,(H,17,18)(H2,15,16,19). The lowest BCUT2D eigenvalue weighted by atomic mass is 9.98. The molecule has 2 aliphatic carbocycles. The van der Waals surface area contributed by atoms with Crippen molar-refractivity contribution in [2.75, 3.05) is 6.54 Å². The molecule has 0 unspecified atom stereocenters. The summed E-state index contributed by atoms with van der Waals surface area (Å²) in [6.07, 6.45) is 5.60. The molecule has 2 aliphatic rings. The van der Waals surface area contributed by atoms with Gasteiger partial charge in [-0.2, -0.15) is 0 Å². The van der Waals surface area contributed by atoms with Gasteiger partial charge >= 0.3 is 12.0 Å². The maximum Gasteiger partial charge on any atom is 0.315 e. The first-order valence-corrected chi connectivity index (χ1v) is 7.11. The van der Waals surface area contributed by atoms with Crippen molar-refractivity contribution in [1.29, 1.82) is 0 Å². The van der Waals surface area contributed by atoms with E-state index in [2.05, 4.69) is 10.6 Å². The van der Waals surface area contributed by atoms with Gasteiger partial charge in [0.25, 0.3) is 0 Å². The fourth-order valence-electron chi connectivity index (χ4n) is 2.68. The molecule has 0 radical (unpaired) electrons. The van der Waals surface area contributed by atoms with Gasteiger partial charge in [-0.05, 0) is 57.3 Å². The van der Waals surface area contributed by atoms with Gasteiger partial charge in [-0.25, -0.2) is 4.79 Å². The van der Waals surface area contributed by atoms with Crippen LogP contribution in [0.4, 0.5) is 4.79 Å². The number of carbonyl (C=O) groups is 2. The summed E-state index contributed by atoms with van der Waals surface area (Å²) in [6, 6.07) is -0.178. The molecule has 0 aromatic heterocycles. The van der Waals surface area contributed by atoms with Crippen LogP contribution in [0.25, 0.3) is 0 Å². The summed E-state index contributed by atoms with van der Waals surface area (Å²) in [5.41, 5.74) is -0.0959. The van der Waals surface area contributed by atoms with E-state index in [0.29, 0.717) is 11.8 Å². The predicted octanol–water partition coefficient (Wildman–Crippen LogP) is 2.12. The van der Waals surface area contributed by atoms with Crippen LogP contribution in [-0.4, -0.2) is 29.2 Å². The maximum atomic E-state index is 11.9. The molecular weight excluding hydrogens is 244 g/mol. The van der Waals surface area contributed by atoms with Gasteiger partial charge in [0.05, 0.1) is 0 Å². The van der Waals surface area contributed by atoms with Gasteiger partial charge in [0.2, 0.25) is 0 Å². The van der Waals surface area contributed by atoms with E-state index < -0.39 is 11.5 Å².